The summed E-state index contributed by atoms with van der Waals surface area (Å²) < 4.78 is 5.95. The lowest BCUT2D eigenvalue weighted by Gasteiger charge is -2.47. The highest BCUT2D eigenvalue weighted by atomic mass is 16.5. The number of ether oxygens (including phenoxy) is 1. The van der Waals surface area contributed by atoms with Gasteiger partial charge < -0.3 is 9.64 Å². The van der Waals surface area contributed by atoms with E-state index in [0.717, 1.165) is 5.75 Å². The van der Waals surface area contributed by atoms with E-state index in [4.69, 9.17) is 4.74 Å². The van der Waals surface area contributed by atoms with E-state index in [1.807, 2.05) is 6.26 Å². The van der Waals surface area contributed by atoms with E-state index in [9.17, 15) is 0 Å². The van der Waals surface area contributed by atoms with Crippen molar-refractivity contribution in [1.29, 1.82) is 0 Å². The Morgan fingerprint density at radius 2 is 1.64 bits per heavy atom. The number of fused-ring (bicyclic) bond motifs is 5. The fraction of sp³-hybridized carbons (Fsp3) is 0.217. The molecule has 25 heavy (non-hydrogen) atoms. The summed E-state index contributed by atoms with van der Waals surface area (Å²) in [4.78, 5) is 2.42. The highest BCUT2D eigenvalue weighted by Gasteiger charge is 2.57. The molecule has 0 amide bonds. The monoisotopic (exact) mass is 327 g/mol. The maximum atomic E-state index is 5.95. The molecule has 3 aromatic carbocycles. The SMILES string of the molecule is CN1c2ccccc2C(C)(C)C12C=COc1ccc3ccccc3c12. The smallest absolute Gasteiger partial charge is 0.133 e. The Morgan fingerprint density at radius 3 is 2.48 bits per heavy atom. The third kappa shape index (κ3) is 1.60. The van der Waals surface area contributed by atoms with Crippen molar-refractivity contribution in [3.05, 3.63) is 84.1 Å². The van der Waals surface area contributed by atoms with Crippen LogP contribution in [0.15, 0.2) is 73.0 Å². The zero-order valence-electron chi connectivity index (χ0n) is 14.8. The van der Waals surface area contributed by atoms with Crippen molar-refractivity contribution in [2.75, 3.05) is 11.9 Å². The van der Waals surface area contributed by atoms with Gasteiger partial charge in [0.05, 0.1) is 11.8 Å². The van der Waals surface area contributed by atoms with Gasteiger partial charge in [0, 0.05) is 23.7 Å². The fourth-order valence-electron chi connectivity index (χ4n) is 4.94. The summed E-state index contributed by atoms with van der Waals surface area (Å²) in [5.41, 5.74) is 3.57. The minimum absolute atomic E-state index is 0.0858. The van der Waals surface area contributed by atoms with Gasteiger partial charge >= 0.3 is 0 Å². The molecule has 2 aliphatic heterocycles. The average molecular weight is 327 g/mol. The summed E-state index contributed by atoms with van der Waals surface area (Å²) in [6, 6.07) is 21.6. The van der Waals surface area contributed by atoms with Crippen LogP contribution in [0, 0.1) is 0 Å². The second-order valence-corrected chi connectivity index (χ2v) is 7.55. The molecule has 3 aromatic rings. The molecule has 124 valence electrons. The van der Waals surface area contributed by atoms with Crippen molar-refractivity contribution in [3.63, 3.8) is 0 Å². The molecule has 0 N–H and O–H groups in total. The molecule has 2 heteroatoms. The Bertz CT molecular complexity index is 1030. The van der Waals surface area contributed by atoms with Crippen LogP contribution >= 0.6 is 0 Å². The third-order valence-electron chi connectivity index (χ3n) is 6.20. The summed E-state index contributed by atoms with van der Waals surface area (Å²) in [5, 5.41) is 2.51. The number of hydrogen-bond donors (Lipinski definition) is 0. The molecular formula is C23H21NO. The molecule has 2 heterocycles. The second kappa shape index (κ2) is 4.66. The van der Waals surface area contributed by atoms with E-state index in [2.05, 4.69) is 92.5 Å². The summed E-state index contributed by atoms with van der Waals surface area (Å²) in [7, 11) is 2.20. The normalized spacial score (nSPS) is 22.8. The fourth-order valence-corrected chi connectivity index (χ4v) is 4.94. The molecule has 2 aliphatic rings. The number of nitrogens with zero attached hydrogens (tertiary/aromatic N) is 1. The molecular weight excluding hydrogens is 306 g/mol. The lowest BCUT2D eigenvalue weighted by atomic mass is 9.65. The maximum Gasteiger partial charge on any atom is 0.133 e. The van der Waals surface area contributed by atoms with Gasteiger partial charge in [0.25, 0.3) is 0 Å². The summed E-state index contributed by atoms with van der Waals surface area (Å²) >= 11 is 0. The van der Waals surface area contributed by atoms with Gasteiger partial charge in [-0.05, 0) is 34.5 Å². The zero-order chi connectivity index (χ0) is 17.2. The molecule has 0 fully saturated rings. The molecule has 0 bridgehead atoms. The summed E-state index contributed by atoms with van der Waals surface area (Å²) in [5.74, 6) is 0.953. The van der Waals surface area contributed by atoms with Crippen molar-refractivity contribution in [2.45, 2.75) is 24.8 Å². The predicted octanol–water partition coefficient (Wildman–Crippen LogP) is 5.37. The first-order chi connectivity index (χ1) is 12.1. The zero-order valence-corrected chi connectivity index (χ0v) is 14.8. The average Bonchev–Trinajstić information content (AvgIpc) is 2.81. The molecule has 0 saturated heterocycles. The Balaban J connectivity index is 1.92. The predicted molar refractivity (Wildman–Crippen MR) is 103 cm³/mol. The highest BCUT2D eigenvalue weighted by molar-refractivity contribution is 5.91. The van der Waals surface area contributed by atoms with Crippen LogP contribution < -0.4 is 9.64 Å². The van der Waals surface area contributed by atoms with Gasteiger partial charge in [-0.2, -0.15) is 0 Å². The number of benzene rings is 3. The number of para-hydroxylation sites is 1. The van der Waals surface area contributed by atoms with Crippen molar-refractivity contribution >= 4 is 16.5 Å². The van der Waals surface area contributed by atoms with Crippen LogP contribution in [0.3, 0.4) is 0 Å². The minimum atomic E-state index is -0.273. The standard InChI is InChI=1S/C23H21NO/c1-22(2)18-10-6-7-11-19(18)24(3)23(22)14-15-25-20-13-12-16-8-4-5-9-17(16)21(20)23/h4-15H,1-3H3. The van der Waals surface area contributed by atoms with E-state index < -0.39 is 0 Å². The molecule has 1 atom stereocenters. The Hall–Kier alpha value is -2.74. The molecule has 0 aromatic heterocycles. The molecule has 1 spiro atoms. The van der Waals surface area contributed by atoms with Gasteiger partial charge in [-0.3, -0.25) is 0 Å². The van der Waals surface area contributed by atoms with Crippen molar-refractivity contribution in [3.8, 4) is 5.75 Å². The van der Waals surface area contributed by atoms with Crippen LogP contribution in [-0.4, -0.2) is 7.05 Å². The number of likely N-dealkylation sites (N-methyl/N-ethyl adjacent to an activating group) is 1. The van der Waals surface area contributed by atoms with Crippen LogP contribution in [0.25, 0.3) is 10.8 Å². The first-order valence-electron chi connectivity index (χ1n) is 8.77. The Morgan fingerprint density at radius 1 is 0.880 bits per heavy atom. The lowest BCUT2D eigenvalue weighted by molar-refractivity contribution is 0.308. The minimum Gasteiger partial charge on any atom is -0.465 e. The first-order valence-corrected chi connectivity index (χ1v) is 8.77. The first kappa shape index (κ1) is 14.6. The van der Waals surface area contributed by atoms with Crippen LogP contribution in [0.1, 0.15) is 25.0 Å². The van der Waals surface area contributed by atoms with Crippen LogP contribution in [-0.2, 0) is 11.0 Å². The lowest BCUT2D eigenvalue weighted by Crippen LogP contribution is -2.51. The quantitative estimate of drug-likeness (QED) is 0.550. The molecule has 0 radical (unpaired) electrons. The van der Waals surface area contributed by atoms with E-state index >= 15 is 0 Å². The van der Waals surface area contributed by atoms with Crippen LogP contribution in [0.2, 0.25) is 0 Å². The second-order valence-electron chi connectivity index (χ2n) is 7.55. The molecule has 5 rings (SSSR count). The van der Waals surface area contributed by atoms with E-state index in [1.165, 1.54) is 27.6 Å². The largest absolute Gasteiger partial charge is 0.465 e. The van der Waals surface area contributed by atoms with E-state index in [0.29, 0.717) is 0 Å². The van der Waals surface area contributed by atoms with Gasteiger partial charge in [0.15, 0.2) is 0 Å². The third-order valence-corrected chi connectivity index (χ3v) is 6.20. The van der Waals surface area contributed by atoms with Gasteiger partial charge in [-0.25, -0.2) is 0 Å². The molecule has 0 aliphatic carbocycles. The Labute approximate surface area is 148 Å². The van der Waals surface area contributed by atoms with Gasteiger partial charge in [0.1, 0.15) is 5.75 Å². The van der Waals surface area contributed by atoms with Gasteiger partial charge in [-0.15, -0.1) is 0 Å². The van der Waals surface area contributed by atoms with Gasteiger partial charge in [0.2, 0.25) is 0 Å². The maximum absolute atomic E-state index is 5.95. The van der Waals surface area contributed by atoms with Gasteiger partial charge in [-0.1, -0.05) is 62.4 Å². The number of anilines is 1. The van der Waals surface area contributed by atoms with Crippen molar-refractivity contribution in [1.82, 2.24) is 0 Å². The molecule has 1 unspecified atom stereocenters. The van der Waals surface area contributed by atoms with E-state index in [1.54, 1.807) is 0 Å². The molecule has 0 saturated carbocycles. The highest BCUT2D eigenvalue weighted by Crippen LogP contribution is 2.60. The Kier molecular flexibility index (Phi) is 2.72. The summed E-state index contributed by atoms with van der Waals surface area (Å²) in [6.45, 7) is 4.69. The van der Waals surface area contributed by atoms with Crippen molar-refractivity contribution in [2.24, 2.45) is 0 Å². The topological polar surface area (TPSA) is 12.5 Å². The van der Waals surface area contributed by atoms with E-state index in [-0.39, 0.29) is 11.0 Å². The number of hydrogen-bond acceptors (Lipinski definition) is 2. The summed E-state index contributed by atoms with van der Waals surface area (Å²) in [6.07, 6.45) is 4.10. The van der Waals surface area contributed by atoms with Crippen LogP contribution in [0.4, 0.5) is 5.69 Å². The van der Waals surface area contributed by atoms with Crippen molar-refractivity contribution < 1.29 is 4.74 Å². The number of rotatable bonds is 0. The van der Waals surface area contributed by atoms with Crippen LogP contribution in [0.5, 0.6) is 5.75 Å². The molecule has 2 nitrogen and oxygen atoms in total.